The van der Waals surface area contributed by atoms with Crippen LogP contribution in [0.25, 0.3) is 82.8 Å². The minimum atomic E-state index is -0.621. The van der Waals surface area contributed by atoms with Crippen LogP contribution in [0.4, 0.5) is 17.1 Å². The van der Waals surface area contributed by atoms with Gasteiger partial charge in [-0.05, 0) is 132 Å². The molecule has 12 aromatic rings. The van der Waals surface area contributed by atoms with Gasteiger partial charge >= 0.3 is 0 Å². The first-order valence-electron chi connectivity index (χ1n) is 24.6. The van der Waals surface area contributed by atoms with E-state index in [0.717, 1.165) is 17.1 Å². The van der Waals surface area contributed by atoms with Gasteiger partial charge in [-0.2, -0.15) is 0 Å². The summed E-state index contributed by atoms with van der Waals surface area (Å²) in [5.74, 6) is 0. The summed E-state index contributed by atoms with van der Waals surface area (Å²) < 4.78 is 2.58. The van der Waals surface area contributed by atoms with Gasteiger partial charge < -0.3 is 9.47 Å². The van der Waals surface area contributed by atoms with E-state index in [2.05, 4.69) is 266 Å². The van der Waals surface area contributed by atoms with Crippen molar-refractivity contribution in [1.82, 2.24) is 4.57 Å². The maximum absolute atomic E-state index is 2.58. The summed E-state index contributed by atoms with van der Waals surface area (Å²) in [7, 11) is 0. The molecule has 2 nitrogen and oxygen atoms in total. The van der Waals surface area contributed by atoms with Crippen molar-refractivity contribution in [2.45, 2.75) is 24.7 Å². The average Bonchev–Trinajstić information content (AvgIpc) is 3.89. The Kier molecular flexibility index (Phi) is 8.08. The van der Waals surface area contributed by atoms with Gasteiger partial charge in [0.15, 0.2) is 0 Å². The summed E-state index contributed by atoms with van der Waals surface area (Å²) in [6.45, 7) is 4.83. The summed E-state index contributed by atoms with van der Waals surface area (Å²) in [5.41, 5.74) is 24.1. The minimum Gasteiger partial charge on any atom is -0.310 e. The monoisotopic (exact) mass is 890 g/mol. The molecular formula is C68H46N2. The molecule has 1 spiro atoms. The molecule has 3 aliphatic rings. The highest BCUT2D eigenvalue weighted by atomic mass is 15.1. The van der Waals surface area contributed by atoms with Gasteiger partial charge in [-0.25, -0.2) is 0 Å². The van der Waals surface area contributed by atoms with Crippen LogP contribution in [0.2, 0.25) is 0 Å². The van der Waals surface area contributed by atoms with Gasteiger partial charge in [-0.3, -0.25) is 0 Å². The molecule has 11 aromatic carbocycles. The standard InChI is InChI=1S/C68H46N2/c1-67(2)56-28-10-12-30-58(56)68(59-31-13-11-29-57(59)67)60-37-36-54-52-26-8-14-32-62(52)70-63-33-15-9-27-53(63)55-41-51(42-61(68)64(55)65(60)66(54)70)69(49-24-16-22-46(39-49)43-18-4-3-5-19-43)50-25-17-23-47(40-50)48-35-34-44-20-6-7-21-45(44)38-48/h3-42H,1-2H3. The Morgan fingerprint density at radius 1 is 0.343 bits per heavy atom. The van der Waals surface area contributed by atoms with Gasteiger partial charge in [0, 0.05) is 44.4 Å². The molecule has 1 aromatic heterocycles. The van der Waals surface area contributed by atoms with E-state index in [1.807, 2.05) is 0 Å². The van der Waals surface area contributed by atoms with E-state index >= 15 is 0 Å². The predicted molar refractivity (Wildman–Crippen MR) is 292 cm³/mol. The number of anilines is 3. The van der Waals surface area contributed by atoms with Crippen molar-refractivity contribution >= 4 is 49.6 Å². The van der Waals surface area contributed by atoms with Crippen molar-refractivity contribution in [3.8, 4) is 50.2 Å². The van der Waals surface area contributed by atoms with E-state index in [1.165, 1.54) is 116 Å². The predicted octanol–water partition coefficient (Wildman–Crippen LogP) is 17.7. The molecule has 0 N–H and O–H groups in total. The SMILES string of the molecule is CC1(C)c2ccccc2C2(c3ccccc31)c1cc(N(c3cccc(-c4ccccc4)c3)c3cccc(-c4ccc5ccccc5c4)c3)cc3c1-c1c2ccc2c4ccccc4n(c12)-c1ccccc1-3. The van der Waals surface area contributed by atoms with E-state index in [0.29, 0.717) is 0 Å². The number of para-hydroxylation sites is 2. The molecule has 0 saturated carbocycles. The molecule has 15 rings (SSSR count). The highest BCUT2D eigenvalue weighted by molar-refractivity contribution is 6.19. The summed E-state index contributed by atoms with van der Waals surface area (Å²) in [5, 5.41) is 5.04. The second kappa shape index (κ2) is 14.4. The van der Waals surface area contributed by atoms with Crippen LogP contribution in [0.15, 0.2) is 243 Å². The number of hydrogen-bond acceptors (Lipinski definition) is 1. The number of hydrogen-bond donors (Lipinski definition) is 0. The first-order valence-corrected chi connectivity index (χ1v) is 24.6. The zero-order valence-corrected chi connectivity index (χ0v) is 39.0. The molecule has 0 unspecified atom stereocenters. The van der Waals surface area contributed by atoms with Crippen molar-refractivity contribution in [1.29, 1.82) is 0 Å². The van der Waals surface area contributed by atoms with Crippen LogP contribution in [0.1, 0.15) is 47.2 Å². The molecular weight excluding hydrogens is 845 g/mol. The molecule has 1 aliphatic heterocycles. The quantitative estimate of drug-likeness (QED) is 0.167. The van der Waals surface area contributed by atoms with E-state index in [9.17, 15) is 0 Å². The van der Waals surface area contributed by atoms with Crippen molar-refractivity contribution in [2.24, 2.45) is 0 Å². The molecule has 2 aliphatic carbocycles. The van der Waals surface area contributed by atoms with Crippen molar-refractivity contribution in [3.05, 3.63) is 276 Å². The average molecular weight is 891 g/mol. The van der Waals surface area contributed by atoms with Crippen molar-refractivity contribution < 1.29 is 0 Å². The van der Waals surface area contributed by atoms with Crippen LogP contribution in [0.5, 0.6) is 0 Å². The molecule has 2 heteroatoms. The molecule has 328 valence electrons. The van der Waals surface area contributed by atoms with Crippen LogP contribution in [-0.4, -0.2) is 4.57 Å². The summed E-state index contributed by atoms with van der Waals surface area (Å²) in [6, 6.07) is 91.4. The third kappa shape index (κ3) is 5.23. The van der Waals surface area contributed by atoms with Gasteiger partial charge in [0.2, 0.25) is 0 Å². The topological polar surface area (TPSA) is 8.17 Å². The van der Waals surface area contributed by atoms with Gasteiger partial charge in [-0.1, -0.05) is 202 Å². The van der Waals surface area contributed by atoms with E-state index < -0.39 is 5.41 Å². The summed E-state index contributed by atoms with van der Waals surface area (Å²) in [4.78, 5) is 2.52. The number of aromatic nitrogens is 1. The van der Waals surface area contributed by atoms with Gasteiger partial charge in [0.25, 0.3) is 0 Å². The van der Waals surface area contributed by atoms with E-state index in [1.54, 1.807) is 0 Å². The highest BCUT2D eigenvalue weighted by Crippen LogP contribution is 2.67. The number of benzene rings is 11. The van der Waals surface area contributed by atoms with Gasteiger partial charge in [0.05, 0.1) is 22.1 Å². The lowest BCUT2D eigenvalue weighted by Gasteiger charge is -2.47. The number of fused-ring (bicyclic) bond motifs is 13. The van der Waals surface area contributed by atoms with Crippen molar-refractivity contribution in [2.75, 3.05) is 4.90 Å². The number of nitrogens with zero attached hydrogens (tertiary/aromatic N) is 2. The third-order valence-electron chi connectivity index (χ3n) is 16.1. The molecule has 0 saturated heterocycles. The molecule has 0 amide bonds. The summed E-state index contributed by atoms with van der Waals surface area (Å²) >= 11 is 0. The maximum Gasteiger partial charge on any atom is 0.0721 e. The Hall–Kier alpha value is -8.72. The molecule has 0 atom stereocenters. The van der Waals surface area contributed by atoms with E-state index in [-0.39, 0.29) is 5.41 Å². The molecule has 0 bridgehead atoms. The highest BCUT2D eigenvalue weighted by Gasteiger charge is 2.55. The lowest BCUT2D eigenvalue weighted by Crippen LogP contribution is -2.40. The fraction of sp³-hybridized carbons (Fsp3) is 0.0588. The first kappa shape index (κ1) is 39.3. The zero-order chi connectivity index (χ0) is 46.3. The zero-order valence-electron chi connectivity index (χ0n) is 39.0. The van der Waals surface area contributed by atoms with Crippen LogP contribution in [0.3, 0.4) is 0 Å². The molecule has 2 heterocycles. The second-order valence-corrected chi connectivity index (χ2v) is 20.0. The third-order valence-corrected chi connectivity index (χ3v) is 16.1. The van der Waals surface area contributed by atoms with Crippen LogP contribution in [-0.2, 0) is 10.8 Å². The Morgan fingerprint density at radius 2 is 0.943 bits per heavy atom. The Morgan fingerprint density at radius 3 is 1.70 bits per heavy atom. The maximum atomic E-state index is 2.58. The molecule has 0 radical (unpaired) electrons. The lowest BCUT2D eigenvalue weighted by molar-refractivity contribution is 0.563. The minimum absolute atomic E-state index is 0.225. The largest absolute Gasteiger partial charge is 0.310 e. The first-order chi connectivity index (χ1) is 34.5. The fourth-order valence-corrected chi connectivity index (χ4v) is 13.1. The molecule has 0 fully saturated rings. The Bertz CT molecular complexity index is 4120. The lowest BCUT2D eigenvalue weighted by atomic mass is 9.55. The van der Waals surface area contributed by atoms with Gasteiger partial charge in [0.1, 0.15) is 0 Å². The normalized spacial score (nSPS) is 14.1. The van der Waals surface area contributed by atoms with Crippen LogP contribution >= 0.6 is 0 Å². The fourth-order valence-electron chi connectivity index (χ4n) is 13.1. The smallest absolute Gasteiger partial charge is 0.0721 e. The van der Waals surface area contributed by atoms with E-state index in [4.69, 9.17) is 0 Å². The number of rotatable bonds is 5. The Labute approximate surface area is 408 Å². The van der Waals surface area contributed by atoms with Gasteiger partial charge in [-0.15, -0.1) is 0 Å². The molecule has 70 heavy (non-hydrogen) atoms. The van der Waals surface area contributed by atoms with Crippen LogP contribution < -0.4 is 4.90 Å². The van der Waals surface area contributed by atoms with Crippen molar-refractivity contribution in [3.63, 3.8) is 0 Å². The summed E-state index contributed by atoms with van der Waals surface area (Å²) in [6.07, 6.45) is 0. The Balaban J connectivity index is 1.09. The second-order valence-electron chi connectivity index (χ2n) is 20.0. The van der Waals surface area contributed by atoms with Crippen LogP contribution in [0, 0.1) is 0 Å².